The third-order valence-corrected chi connectivity index (χ3v) is 5.36. The number of ether oxygens (including phenoxy) is 2. The van der Waals surface area contributed by atoms with Crippen molar-refractivity contribution in [1.82, 2.24) is 10.2 Å². The number of nitrogens with zero attached hydrogens (tertiary/aromatic N) is 1. The van der Waals surface area contributed by atoms with Gasteiger partial charge in [0.15, 0.2) is 0 Å². The van der Waals surface area contributed by atoms with Gasteiger partial charge in [-0.25, -0.2) is 4.79 Å². The van der Waals surface area contributed by atoms with Crippen LogP contribution >= 0.6 is 11.6 Å². The lowest BCUT2D eigenvalue weighted by atomic mass is 9.97. The summed E-state index contributed by atoms with van der Waals surface area (Å²) in [7, 11) is 0. The Kier molecular flexibility index (Phi) is 7.10. The number of rotatable bonds is 7. The Balaban J connectivity index is 1.51. The number of piperidine rings is 1. The molecule has 0 unspecified atom stereocenters. The van der Waals surface area contributed by atoms with Crippen LogP contribution in [0.15, 0.2) is 18.2 Å². The van der Waals surface area contributed by atoms with Crippen molar-refractivity contribution in [3.63, 3.8) is 0 Å². The third-order valence-electron chi connectivity index (χ3n) is 5.13. The van der Waals surface area contributed by atoms with Crippen LogP contribution in [0, 0.1) is 11.8 Å². The van der Waals surface area contributed by atoms with Crippen LogP contribution in [0.4, 0.5) is 4.79 Å². The minimum absolute atomic E-state index is 0.338. The zero-order valence-electron chi connectivity index (χ0n) is 17.3. The summed E-state index contributed by atoms with van der Waals surface area (Å²) in [6.45, 7) is 9.91. The van der Waals surface area contributed by atoms with Crippen molar-refractivity contribution in [2.24, 2.45) is 11.8 Å². The highest BCUT2D eigenvalue weighted by atomic mass is 35.5. The van der Waals surface area contributed by atoms with Gasteiger partial charge in [-0.1, -0.05) is 11.6 Å². The molecule has 5 nitrogen and oxygen atoms in total. The molecule has 28 heavy (non-hydrogen) atoms. The number of nitrogens with one attached hydrogen (secondary N) is 1. The van der Waals surface area contributed by atoms with Crippen LogP contribution in [-0.4, -0.2) is 42.8 Å². The topological polar surface area (TPSA) is 50.8 Å². The second-order valence-corrected chi connectivity index (χ2v) is 9.57. The van der Waals surface area contributed by atoms with Crippen LogP contribution in [0.5, 0.6) is 5.75 Å². The van der Waals surface area contributed by atoms with E-state index in [2.05, 4.69) is 10.2 Å². The van der Waals surface area contributed by atoms with Gasteiger partial charge in [-0.15, -0.1) is 0 Å². The van der Waals surface area contributed by atoms with E-state index in [1.165, 1.54) is 12.8 Å². The van der Waals surface area contributed by atoms with E-state index < -0.39 is 5.60 Å². The number of amides is 1. The van der Waals surface area contributed by atoms with Crippen LogP contribution < -0.4 is 10.1 Å². The van der Waals surface area contributed by atoms with Gasteiger partial charge in [-0.05, 0) is 83.0 Å². The molecule has 1 aromatic carbocycles. The predicted octanol–water partition coefficient (Wildman–Crippen LogP) is 4.87. The Morgan fingerprint density at radius 3 is 2.75 bits per heavy atom. The Hall–Kier alpha value is -1.46. The molecular formula is C22H33ClN2O3. The number of hydrogen-bond donors (Lipinski definition) is 1. The zero-order chi connectivity index (χ0) is 20.1. The van der Waals surface area contributed by atoms with Gasteiger partial charge in [-0.3, -0.25) is 4.90 Å². The second kappa shape index (κ2) is 9.36. The maximum atomic E-state index is 11.9. The molecule has 1 aromatic rings. The molecule has 1 atom stereocenters. The Labute approximate surface area is 173 Å². The Bertz CT molecular complexity index is 670. The highest BCUT2D eigenvalue weighted by Gasteiger charge is 2.24. The molecule has 0 radical (unpaired) electrons. The molecule has 1 heterocycles. The molecule has 1 amide bonds. The van der Waals surface area contributed by atoms with E-state index in [0.29, 0.717) is 12.5 Å². The molecule has 0 spiro atoms. The largest absolute Gasteiger partial charge is 0.493 e. The maximum absolute atomic E-state index is 11.9. The number of halogens is 1. The SMILES string of the molecule is CC(C)(C)OC(=O)NC[C@@H]1CCCN(Cc2cc(Cl)ccc2OCC2CC2)C1. The van der Waals surface area contributed by atoms with Crippen molar-refractivity contribution in [3.8, 4) is 5.75 Å². The fourth-order valence-corrected chi connectivity index (χ4v) is 3.74. The van der Waals surface area contributed by atoms with E-state index in [1.807, 2.05) is 39.0 Å². The monoisotopic (exact) mass is 408 g/mol. The van der Waals surface area contributed by atoms with E-state index in [0.717, 1.165) is 61.3 Å². The zero-order valence-corrected chi connectivity index (χ0v) is 18.1. The van der Waals surface area contributed by atoms with Crippen molar-refractivity contribution in [2.75, 3.05) is 26.2 Å². The van der Waals surface area contributed by atoms with E-state index in [1.54, 1.807) is 0 Å². The molecule has 0 aromatic heterocycles. The lowest BCUT2D eigenvalue weighted by molar-refractivity contribution is 0.0506. The lowest BCUT2D eigenvalue weighted by Crippen LogP contribution is -2.41. The number of likely N-dealkylation sites (tertiary alicyclic amines) is 1. The smallest absolute Gasteiger partial charge is 0.407 e. The molecule has 156 valence electrons. The standard InChI is InChI=1S/C22H33ClN2O3/c1-22(2,3)28-21(26)24-12-17-5-4-10-25(13-17)14-18-11-19(23)8-9-20(18)27-15-16-6-7-16/h8-9,11,16-17H,4-7,10,12-15H2,1-3H3,(H,24,26)/t17-/m0/s1. The number of alkyl carbamates (subject to hydrolysis) is 1. The molecule has 1 saturated carbocycles. The van der Waals surface area contributed by atoms with Crippen molar-refractivity contribution in [2.45, 2.75) is 58.6 Å². The molecule has 2 fully saturated rings. The molecule has 1 aliphatic heterocycles. The van der Waals surface area contributed by atoms with E-state index in [4.69, 9.17) is 21.1 Å². The molecule has 3 rings (SSSR count). The summed E-state index contributed by atoms with van der Waals surface area (Å²) in [5.41, 5.74) is 0.681. The molecule has 6 heteroatoms. The van der Waals surface area contributed by atoms with Gasteiger partial charge in [-0.2, -0.15) is 0 Å². The average molecular weight is 409 g/mol. The van der Waals surface area contributed by atoms with Gasteiger partial charge < -0.3 is 14.8 Å². The normalized spacial score (nSPS) is 20.6. The quantitative estimate of drug-likeness (QED) is 0.699. The van der Waals surface area contributed by atoms with Gasteiger partial charge in [0.05, 0.1) is 6.61 Å². The Morgan fingerprint density at radius 2 is 2.04 bits per heavy atom. The second-order valence-electron chi connectivity index (χ2n) is 9.13. The first-order valence-electron chi connectivity index (χ1n) is 10.4. The highest BCUT2D eigenvalue weighted by Crippen LogP contribution is 2.32. The number of benzene rings is 1. The van der Waals surface area contributed by atoms with Crippen molar-refractivity contribution < 1.29 is 14.3 Å². The summed E-state index contributed by atoms with van der Waals surface area (Å²) in [6, 6.07) is 5.91. The van der Waals surface area contributed by atoms with Gasteiger partial charge in [0.1, 0.15) is 11.4 Å². The molecule has 2 aliphatic rings. The first kappa shape index (κ1) is 21.3. The average Bonchev–Trinajstić information content (AvgIpc) is 3.43. The highest BCUT2D eigenvalue weighted by molar-refractivity contribution is 6.30. The molecular weight excluding hydrogens is 376 g/mol. The molecule has 0 bridgehead atoms. The van der Waals surface area contributed by atoms with E-state index in [-0.39, 0.29) is 6.09 Å². The number of carbonyl (C=O) groups is 1. The minimum atomic E-state index is -0.466. The Morgan fingerprint density at radius 1 is 1.25 bits per heavy atom. The molecule has 1 saturated heterocycles. The van der Waals surface area contributed by atoms with Gasteiger partial charge in [0.2, 0.25) is 0 Å². The van der Waals surface area contributed by atoms with Gasteiger partial charge in [0.25, 0.3) is 0 Å². The fraction of sp³-hybridized carbons (Fsp3) is 0.682. The predicted molar refractivity (Wildman–Crippen MR) is 112 cm³/mol. The summed E-state index contributed by atoms with van der Waals surface area (Å²) in [6.07, 6.45) is 4.46. The summed E-state index contributed by atoms with van der Waals surface area (Å²) >= 11 is 6.24. The maximum Gasteiger partial charge on any atom is 0.407 e. The van der Waals surface area contributed by atoms with Crippen molar-refractivity contribution in [3.05, 3.63) is 28.8 Å². The summed E-state index contributed by atoms with van der Waals surface area (Å²) in [5, 5.41) is 3.66. The van der Waals surface area contributed by atoms with Crippen molar-refractivity contribution in [1.29, 1.82) is 0 Å². The van der Waals surface area contributed by atoms with E-state index >= 15 is 0 Å². The fourth-order valence-electron chi connectivity index (χ4n) is 3.55. The van der Waals surface area contributed by atoms with Crippen LogP contribution in [0.25, 0.3) is 0 Å². The molecule has 1 N–H and O–H groups in total. The first-order chi connectivity index (χ1) is 13.3. The summed E-state index contributed by atoms with van der Waals surface area (Å²) in [5.74, 6) is 2.10. The van der Waals surface area contributed by atoms with Crippen LogP contribution in [-0.2, 0) is 11.3 Å². The van der Waals surface area contributed by atoms with Crippen LogP contribution in [0.2, 0.25) is 5.02 Å². The lowest BCUT2D eigenvalue weighted by Gasteiger charge is -2.33. The van der Waals surface area contributed by atoms with Gasteiger partial charge in [0, 0.05) is 30.2 Å². The van der Waals surface area contributed by atoms with Crippen LogP contribution in [0.1, 0.15) is 52.0 Å². The van der Waals surface area contributed by atoms with Crippen LogP contribution in [0.3, 0.4) is 0 Å². The summed E-state index contributed by atoms with van der Waals surface area (Å²) < 4.78 is 11.4. The van der Waals surface area contributed by atoms with Crippen molar-refractivity contribution >= 4 is 17.7 Å². The minimum Gasteiger partial charge on any atom is -0.493 e. The number of hydrogen-bond acceptors (Lipinski definition) is 4. The summed E-state index contributed by atoms with van der Waals surface area (Å²) in [4.78, 5) is 14.3. The number of carbonyl (C=O) groups excluding carboxylic acids is 1. The van der Waals surface area contributed by atoms with Gasteiger partial charge >= 0.3 is 6.09 Å². The van der Waals surface area contributed by atoms with E-state index in [9.17, 15) is 4.79 Å². The third kappa shape index (κ3) is 7.17. The first-order valence-corrected chi connectivity index (χ1v) is 10.8. The molecule has 1 aliphatic carbocycles.